The maximum atomic E-state index is 12.8. The van der Waals surface area contributed by atoms with Gasteiger partial charge in [-0.1, -0.05) is 43.3 Å². The van der Waals surface area contributed by atoms with Crippen LogP contribution in [0.2, 0.25) is 0 Å². The lowest BCUT2D eigenvalue weighted by Gasteiger charge is -2.21. The smallest absolute Gasteiger partial charge is 0.340 e. The quantitative estimate of drug-likeness (QED) is 0.550. The first-order valence-electron chi connectivity index (χ1n) is 10.6. The van der Waals surface area contributed by atoms with E-state index in [1.165, 1.54) is 7.11 Å². The fourth-order valence-electron chi connectivity index (χ4n) is 3.91. The molecular weight excluding hydrogens is 390 g/mol. The van der Waals surface area contributed by atoms with Crippen molar-refractivity contribution in [1.82, 2.24) is 4.98 Å². The number of aromatic nitrogens is 1. The Morgan fingerprint density at radius 3 is 2.48 bits per heavy atom. The number of hydrogen-bond acceptors (Lipinski definition) is 4. The highest BCUT2D eigenvalue weighted by atomic mass is 16.5. The average molecular weight is 421 g/mol. The molecule has 2 N–H and O–H groups in total. The first-order chi connectivity index (χ1) is 14.9. The molecule has 1 atom stereocenters. The fourth-order valence-corrected chi connectivity index (χ4v) is 3.91. The zero-order valence-corrected chi connectivity index (χ0v) is 18.6. The van der Waals surface area contributed by atoms with E-state index < -0.39 is 5.97 Å². The summed E-state index contributed by atoms with van der Waals surface area (Å²) >= 11 is 0. The Balaban J connectivity index is 1.89. The van der Waals surface area contributed by atoms with E-state index in [0.717, 1.165) is 45.6 Å². The van der Waals surface area contributed by atoms with Crippen LogP contribution in [-0.2, 0) is 16.1 Å². The number of esters is 1. The Labute approximate surface area is 183 Å². The van der Waals surface area contributed by atoms with E-state index in [1.807, 2.05) is 62.4 Å². The second kappa shape index (κ2) is 10.2. The minimum atomic E-state index is -0.397. The normalized spacial score (nSPS) is 11.9. The lowest BCUT2D eigenvalue weighted by atomic mass is 10.0. The molecule has 1 heterocycles. The summed E-state index contributed by atoms with van der Waals surface area (Å²) in [5.41, 5.74) is 4.69. The van der Waals surface area contributed by atoms with Crippen LogP contribution in [0.4, 0.5) is 5.69 Å². The predicted octanol–water partition coefficient (Wildman–Crippen LogP) is 3.07. The molecule has 0 spiro atoms. The van der Waals surface area contributed by atoms with Gasteiger partial charge in [0.2, 0.25) is 0 Å². The molecule has 3 aromatic rings. The first kappa shape index (κ1) is 22.4. The van der Waals surface area contributed by atoms with Crippen molar-refractivity contribution < 1.29 is 19.2 Å². The van der Waals surface area contributed by atoms with Crippen molar-refractivity contribution >= 4 is 28.5 Å². The number of nitrogens with one attached hydrogen (secondary N) is 2. The van der Waals surface area contributed by atoms with E-state index in [9.17, 15) is 9.59 Å². The van der Waals surface area contributed by atoms with Crippen LogP contribution in [-0.4, -0.2) is 37.1 Å². The molecule has 1 aromatic heterocycles. The third-order valence-electron chi connectivity index (χ3n) is 5.47. The number of hydrogen-bond donors (Lipinski definition) is 2. The van der Waals surface area contributed by atoms with Crippen LogP contribution in [0.25, 0.3) is 10.9 Å². The molecule has 3 rings (SSSR count). The Hall–Kier alpha value is -3.25. The Kier molecular flexibility index (Phi) is 7.36. The first-order valence-corrected chi connectivity index (χ1v) is 10.6. The summed E-state index contributed by atoms with van der Waals surface area (Å²) < 4.78 is 5.05. The molecule has 0 aliphatic carbocycles. The minimum Gasteiger partial charge on any atom is -0.465 e. The van der Waals surface area contributed by atoms with Crippen molar-refractivity contribution in [2.45, 2.75) is 33.7 Å². The van der Waals surface area contributed by atoms with Crippen molar-refractivity contribution in [3.63, 3.8) is 0 Å². The summed E-state index contributed by atoms with van der Waals surface area (Å²) in [6.45, 7) is 7.51. The Morgan fingerprint density at radius 2 is 1.77 bits per heavy atom. The number of amides is 1. The van der Waals surface area contributed by atoms with Gasteiger partial charge < -0.3 is 15.0 Å². The van der Waals surface area contributed by atoms with Crippen molar-refractivity contribution in [2.24, 2.45) is 0 Å². The van der Waals surface area contributed by atoms with Gasteiger partial charge in [-0.15, -0.1) is 0 Å². The summed E-state index contributed by atoms with van der Waals surface area (Å²) in [6.07, 6.45) is 0.910. The minimum absolute atomic E-state index is 0.0603. The standard InChI is InChI=1S/C25H29N3O3/c1-5-14-28(16-23(29)27-20-12-8-6-10-17(20)2)15-22-24(25(30)31-4)18(3)19-11-7-9-13-21(19)26-22/h6-13H,5,14-16H2,1-4H3,(H,27,29)/p+1. The maximum Gasteiger partial charge on any atom is 0.340 e. The van der Waals surface area contributed by atoms with Gasteiger partial charge in [0.25, 0.3) is 5.91 Å². The molecule has 0 saturated carbocycles. The van der Waals surface area contributed by atoms with Gasteiger partial charge in [-0.25, -0.2) is 9.78 Å². The van der Waals surface area contributed by atoms with E-state index >= 15 is 0 Å². The molecule has 162 valence electrons. The van der Waals surface area contributed by atoms with Crippen LogP contribution >= 0.6 is 0 Å². The number of anilines is 1. The number of carbonyl (C=O) groups is 2. The number of pyridine rings is 1. The molecule has 0 aliphatic rings. The van der Waals surface area contributed by atoms with Crippen molar-refractivity contribution in [3.8, 4) is 0 Å². The Bertz CT molecular complexity index is 1090. The average Bonchev–Trinajstić information content (AvgIpc) is 2.75. The molecule has 1 unspecified atom stereocenters. The molecule has 0 bridgehead atoms. The van der Waals surface area contributed by atoms with Crippen molar-refractivity contribution in [1.29, 1.82) is 0 Å². The zero-order chi connectivity index (χ0) is 22.4. The number of benzene rings is 2. The molecule has 1 amide bonds. The molecule has 0 fully saturated rings. The highest BCUT2D eigenvalue weighted by Crippen LogP contribution is 2.23. The monoisotopic (exact) mass is 420 g/mol. The number of rotatable bonds is 8. The summed E-state index contributed by atoms with van der Waals surface area (Å²) in [6, 6.07) is 15.5. The van der Waals surface area contributed by atoms with Crippen LogP contribution in [0.5, 0.6) is 0 Å². The van der Waals surface area contributed by atoms with E-state index in [4.69, 9.17) is 9.72 Å². The van der Waals surface area contributed by atoms with Crippen LogP contribution in [0.1, 0.15) is 40.5 Å². The van der Waals surface area contributed by atoms with E-state index in [1.54, 1.807) is 0 Å². The third kappa shape index (κ3) is 5.27. The number of fused-ring (bicyclic) bond motifs is 1. The predicted molar refractivity (Wildman–Crippen MR) is 122 cm³/mol. The van der Waals surface area contributed by atoms with Gasteiger partial charge in [-0.05, 0) is 43.5 Å². The molecule has 0 radical (unpaired) electrons. The van der Waals surface area contributed by atoms with Crippen molar-refractivity contribution in [3.05, 3.63) is 70.9 Å². The van der Waals surface area contributed by atoms with Crippen LogP contribution in [0, 0.1) is 13.8 Å². The van der Waals surface area contributed by atoms with E-state index in [0.29, 0.717) is 17.8 Å². The second-order valence-corrected chi connectivity index (χ2v) is 7.78. The molecule has 2 aromatic carbocycles. The summed E-state index contributed by atoms with van der Waals surface area (Å²) in [5.74, 6) is -0.458. The fraction of sp³-hybridized carbons (Fsp3) is 0.320. The molecule has 0 aliphatic heterocycles. The van der Waals surface area contributed by atoms with Crippen LogP contribution in [0.3, 0.4) is 0 Å². The second-order valence-electron chi connectivity index (χ2n) is 7.78. The molecule has 31 heavy (non-hydrogen) atoms. The number of aryl methyl sites for hydroxylation is 2. The zero-order valence-electron chi connectivity index (χ0n) is 18.6. The summed E-state index contributed by atoms with van der Waals surface area (Å²) in [5, 5.41) is 3.93. The van der Waals surface area contributed by atoms with Crippen LogP contribution < -0.4 is 10.2 Å². The van der Waals surface area contributed by atoms with Gasteiger partial charge in [0.1, 0.15) is 12.2 Å². The van der Waals surface area contributed by atoms with Gasteiger partial charge in [0, 0.05) is 11.1 Å². The van der Waals surface area contributed by atoms with Gasteiger partial charge in [0.15, 0.2) is 6.54 Å². The maximum absolute atomic E-state index is 12.8. The van der Waals surface area contributed by atoms with Gasteiger partial charge in [-0.3, -0.25) is 4.79 Å². The topological polar surface area (TPSA) is 72.7 Å². The lowest BCUT2D eigenvalue weighted by Crippen LogP contribution is -3.11. The van der Waals surface area contributed by atoms with Gasteiger partial charge >= 0.3 is 5.97 Å². The molecule has 6 heteroatoms. The molecule has 6 nitrogen and oxygen atoms in total. The van der Waals surface area contributed by atoms with E-state index in [-0.39, 0.29) is 12.5 Å². The summed E-state index contributed by atoms with van der Waals surface area (Å²) in [4.78, 5) is 31.2. The van der Waals surface area contributed by atoms with Gasteiger partial charge in [0.05, 0.1) is 24.7 Å². The lowest BCUT2D eigenvalue weighted by molar-refractivity contribution is -0.906. The van der Waals surface area contributed by atoms with Gasteiger partial charge in [-0.2, -0.15) is 0 Å². The highest BCUT2D eigenvalue weighted by molar-refractivity contribution is 5.98. The SMILES string of the molecule is CCC[NH+](CC(=O)Nc1ccccc1C)Cc1nc2ccccc2c(C)c1C(=O)OC. The molecular formula is C25H30N3O3+. The summed E-state index contributed by atoms with van der Waals surface area (Å²) in [7, 11) is 1.38. The molecule has 0 saturated heterocycles. The highest BCUT2D eigenvalue weighted by Gasteiger charge is 2.24. The number of methoxy groups -OCH3 is 1. The number of carbonyl (C=O) groups excluding carboxylic acids is 2. The van der Waals surface area contributed by atoms with Crippen LogP contribution in [0.15, 0.2) is 48.5 Å². The number of para-hydroxylation sites is 2. The number of quaternary nitrogens is 1. The number of ether oxygens (including phenoxy) is 1. The van der Waals surface area contributed by atoms with E-state index in [2.05, 4.69) is 12.2 Å². The third-order valence-corrected chi connectivity index (χ3v) is 5.47. The number of nitrogens with zero attached hydrogens (tertiary/aromatic N) is 1. The van der Waals surface area contributed by atoms with Crippen molar-refractivity contribution in [2.75, 3.05) is 25.5 Å². The Morgan fingerprint density at radius 1 is 1.06 bits per heavy atom. The largest absolute Gasteiger partial charge is 0.465 e.